The molecule has 0 saturated carbocycles. The Hall–Kier alpha value is -1.40. The minimum atomic E-state index is -5.43. The molecule has 1 aromatic rings. The molecule has 1 rings (SSSR count). The van der Waals surface area contributed by atoms with E-state index < -0.39 is 24.4 Å². The Balaban J connectivity index is 2.89. The van der Waals surface area contributed by atoms with Crippen LogP contribution in [0.2, 0.25) is 0 Å². The summed E-state index contributed by atoms with van der Waals surface area (Å²) >= 11 is 0. The van der Waals surface area contributed by atoms with E-state index in [0.29, 0.717) is 0 Å². The highest BCUT2D eigenvalue weighted by Crippen LogP contribution is 2.50. The zero-order valence-corrected chi connectivity index (χ0v) is 9.27. The van der Waals surface area contributed by atoms with Crippen molar-refractivity contribution in [3.8, 4) is 5.75 Å². The highest BCUT2D eigenvalue weighted by Gasteiger charge is 2.68. The van der Waals surface area contributed by atoms with Crippen molar-refractivity contribution in [2.24, 2.45) is 5.41 Å². The topological polar surface area (TPSA) is 9.23 Å². The second kappa shape index (κ2) is 4.70. The summed E-state index contributed by atoms with van der Waals surface area (Å²) in [6.07, 6.45) is -10.9. The fourth-order valence-electron chi connectivity index (χ4n) is 1.07. The van der Waals surface area contributed by atoms with Crippen LogP contribution in [0.15, 0.2) is 30.3 Å². The fourth-order valence-corrected chi connectivity index (χ4v) is 1.07. The lowest BCUT2D eigenvalue weighted by atomic mass is 9.90. The lowest BCUT2D eigenvalue weighted by Crippen LogP contribution is -2.51. The molecule has 0 amide bonds. The summed E-state index contributed by atoms with van der Waals surface area (Å²) in [5, 5.41) is 0. The molecule has 0 radical (unpaired) electrons. The van der Waals surface area contributed by atoms with Gasteiger partial charge in [0.25, 0.3) is 0 Å². The van der Waals surface area contributed by atoms with Gasteiger partial charge >= 0.3 is 12.4 Å². The molecule has 0 saturated heterocycles. The first-order valence-electron chi connectivity index (χ1n) is 4.89. The lowest BCUT2D eigenvalue weighted by molar-refractivity contribution is -0.340. The van der Waals surface area contributed by atoms with Crippen molar-refractivity contribution in [3.63, 3.8) is 0 Å². The second-order valence-electron chi connectivity index (χ2n) is 3.93. The lowest BCUT2D eigenvalue weighted by Gasteiger charge is -2.33. The van der Waals surface area contributed by atoms with Gasteiger partial charge in [0, 0.05) is 0 Å². The van der Waals surface area contributed by atoms with Crippen LogP contribution in [-0.4, -0.2) is 19.0 Å². The third-order valence-corrected chi connectivity index (χ3v) is 2.52. The molecule has 0 unspecified atom stereocenters. The molecule has 0 aliphatic heterocycles. The van der Waals surface area contributed by atoms with Crippen LogP contribution >= 0.6 is 0 Å². The SMILES string of the molecule is CC(COc1ccccc1)(C(F)(F)F)C(F)(F)F. The standard InChI is InChI=1S/C11H10F6O/c1-9(10(12,13)14,11(15,16)17)7-18-8-5-3-2-4-6-8/h2-6H,7H2,1H3. The van der Waals surface area contributed by atoms with E-state index in [1.807, 2.05) is 0 Å². The average molecular weight is 272 g/mol. The van der Waals surface area contributed by atoms with E-state index in [2.05, 4.69) is 4.74 Å². The van der Waals surface area contributed by atoms with E-state index in [-0.39, 0.29) is 12.7 Å². The van der Waals surface area contributed by atoms with Crippen LogP contribution in [0.5, 0.6) is 5.75 Å². The van der Waals surface area contributed by atoms with E-state index in [4.69, 9.17) is 0 Å². The number of rotatable bonds is 3. The van der Waals surface area contributed by atoms with Crippen molar-refractivity contribution in [2.75, 3.05) is 6.61 Å². The van der Waals surface area contributed by atoms with Gasteiger partial charge in [0.2, 0.25) is 0 Å². The highest BCUT2D eigenvalue weighted by atomic mass is 19.4. The van der Waals surface area contributed by atoms with Gasteiger partial charge in [-0.3, -0.25) is 0 Å². The molecule has 0 atom stereocenters. The number of halogens is 6. The van der Waals surface area contributed by atoms with Crippen LogP contribution < -0.4 is 4.74 Å². The normalized spacial score (nSPS) is 13.5. The van der Waals surface area contributed by atoms with Gasteiger partial charge in [-0.15, -0.1) is 0 Å². The first-order chi connectivity index (χ1) is 8.08. The number of hydrogen-bond acceptors (Lipinski definition) is 1. The molecule has 0 bridgehead atoms. The number of alkyl halides is 6. The number of hydrogen-bond donors (Lipinski definition) is 0. The summed E-state index contributed by atoms with van der Waals surface area (Å²) in [4.78, 5) is 0. The fraction of sp³-hybridized carbons (Fsp3) is 0.455. The molecule has 0 aliphatic rings. The maximum Gasteiger partial charge on any atom is 0.406 e. The summed E-state index contributed by atoms with van der Waals surface area (Å²) in [7, 11) is 0. The third kappa shape index (κ3) is 2.88. The van der Waals surface area contributed by atoms with Gasteiger partial charge in [0.15, 0.2) is 5.41 Å². The largest absolute Gasteiger partial charge is 0.492 e. The average Bonchev–Trinajstić information content (AvgIpc) is 2.24. The van der Waals surface area contributed by atoms with Gasteiger partial charge in [-0.2, -0.15) is 26.3 Å². The second-order valence-corrected chi connectivity index (χ2v) is 3.93. The molecule has 0 spiro atoms. The Morgan fingerprint density at radius 3 is 1.72 bits per heavy atom. The molecule has 1 nitrogen and oxygen atoms in total. The smallest absolute Gasteiger partial charge is 0.406 e. The molecule has 7 heteroatoms. The molecule has 0 aliphatic carbocycles. The molecule has 1 aromatic carbocycles. The third-order valence-electron chi connectivity index (χ3n) is 2.52. The molecule has 18 heavy (non-hydrogen) atoms. The maximum absolute atomic E-state index is 12.5. The van der Waals surface area contributed by atoms with Crippen molar-refractivity contribution in [2.45, 2.75) is 19.3 Å². The molecule has 102 valence electrons. The predicted molar refractivity (Wildman–Crippen MR) is 52.2 cm³/mol. The zero-order valence-electron chi connectivity index (χ0n) is 9.27. The first-order valence-corrected chi connectivity index (χ1v) is 4.89. The number of benzene rings is 1. The quantitative estimate of drug-likeness (QED) is 0.749. The number of para-hydroxylation sites is 1. The van der Waals surface area contributed by atoms with Crippen molar-refractivity contribution in [3.05, 3.63) is 30.3 Å². The molecule has 0 fully saturated rings. The van der Waals surface area contributed by atoms with Crippen LogP contribution in [0.4, 0.5) is 26.3 Å². The summed E-state index contributed by atoms with van der Waals surface area (Å²) in [5.41, 5.74) is -3.89. The Bertz CT molecular complexity index is 367. The van der Waals surface area contributed by atoms with Gasteiger partial charge in [0.1, 0.15) is 12.4 Å². The van der Waals surface area contributed by atoms with E-state index in [1.165, 1.54) is 24.3 Å². The minimum absolute atomic E-state index is 0.0442. The van der Waals surface area contributed by atoms with Gasteiger partial charge < -0.3 is 4.74 Å². The zero-order chi connectivity index (χ0) is 14.0. The number of ether oxygens (including phenoxy) is 1. The van der Waals surface area contributed by atoms with Crippen molar-refractivity contribution in [1.82, 2.24) is 0 Å². The Morgan fingerprint density at radius 1 is 0.889 bits per heavy atom. The summed E-state index contributed by atoms with van der Waals surface area (Å²) in [6, 6.07) is 7.04. The molecule has 0 N–H and O–H groups in total. The minimum Gasteiger partial charge on any atom is -0.492 e. The maximum atomic E-state index is 12.5. The van der Waals surface area contributed by atoms with Crippen LogP contribution in [0.3, 0.4) is 0 Å². The van der Waals surface area contributed by atoms with Crippen LogP contribution in [0.1, 0.15) is 6.92 Å². The van der Waals surface area contributed by atoms with Crippen LogP contribution in [-0.2, 0) is 0 Å². The van der Waals surface area contributed by atoms with E-state index >= 15 is 0 Å². The van der Waals surface area contributed by atoms with Crippen LogP contribution in [0, 0.1) is 5.41 Å². The molecule has 0 aromatic heterocycles. The summed E-state index contributed by atoms with van der Waals surface area (Å²) in [6.45, 7) is -1.43. The monoisotopic (exact) mass is 272 g/mol. The van der Waals surface area contributed by atoms with Gasteiger partial charge in [-0.05, 0) is 19.1 Å². The molecular formula is C11H10F6O. The van der Waals surface area contributed by atoms with E-state index in [0.717, 1.165) is 0 Å². The summed E-state index contributed by atoms with van der Waals surface area (Å²) in [5.74, 6) is -0.0442. The van der Waals surface area contributed by atoms with Crippen molar-refractivity contribution in [1.29, 1.82) is 0 Å². The van der Waals surface area contributed by atoms with Gasteiger partial charge in [-0.25, -0.2) is 0 Å². The predicted octanol–water partition coefficient (Wildman–Crippen LogP) is 4.20. The van der Waals surface area contributed by atoms with Crippen molar-refractivity contribution < 1.29 is 31.1 Å². The van der Waals surface area contributed by atoms with Gasteiger partial charge in [-0.1, -0.05) is 18.2 Å². The Morgan fingerprint density at radius 2 is 1.33 bits per heavy atom. The Kier molecular flexibility index (Phi) is 3.83. The summed E-state index contributed by atoms with van der Waals surface area (Å²) < 4.78 is 79.6. The van der Waals surface area contributed by atoms with E-state index in [9.17, 15) is 26.3 Å². The Labute approximate surface area is 99.4 Å². The van der Waals surface area contributed by atoms with Crippen molar-refractivity contribution >= 4 is 0 Å². The molecular weight excluding hydrogens is 262 g/mol. The van der Waals surface area contributed by atoms with E-state index in [1.54, 1.807) is 6.07 Å². The first kappa shape index (κ1) is 14.7. The van der Waals surface area contributed by atoms with Gasteiger partial charge in [0.05, 0.1) is 0 Å². The van der Waals surface area contributed by atoms with Crippen LogP contribution in [0.25, 0.3) is 0 Å². The molecule has 0 heterocycles. The highest BCUT2D eigenvalue weighted by molar-refractivity contribution is 5.21.